The first-order chi connectivity index (χ1) is 10.4. The van der Waals surface area contributed by atoms with Gasteiger partial charge in [0.1, 0.15) is 5.75 Å². The Bertz CT molecular complexity index is 366. The van der Waals surface area contributed by atoms with Crippen LogP contribution >= 0.6 is 0 Å². The zero-order chi connectivity index (χ0) is 14.8. The molecule has 4 heteroatoms. The summed E-state index contributed by atoms with van der Waals surface area (Å²) >= 11 is 0. The first-order valence-electron chi connectivity index (χ1n) is 8.01. The van der Waals surface area contributed by atoms with E-state index in [9.17, 15) is 0 Å². The van der Waals surface area contributed by atoms with Gasteiger partial charge in [0.2, 0.25) is 0 Å². The third-order valence-corrected chi connectivity index (χ3v) is 3.88. The Balaban J connectivity index is 1.65. The molecule has 21 heavy (non-hydrogen) atoms. The van der Waals surface area contributed by atoms with E-state index >= 15 is 0 Å². The van der Waals surface area contributed by atoms with Crippen molar-refractivity contribution in [2.45, 2.75) is 25.3 Å². The molecule has 1 fully saturated rings. The van der Waals surface area contributed by atoms with Crippen LogP contribution in [0.15, 0.2) is 30.3 Å². The lowest BCUT2D eigenvalue weighted by Gasteiger charge is -2.25. The van der Waals surface area contributed by atoms with Crippen molar-refractivity contribution in [3.63, 3.8) is 0 Å². The summed E-state index contributed by atoms with van der Waals surface area (Å²) in [6.07, 6.45) is 3.65. The van der Waals surface area contributed by atoms with Gasteiger partial charge in [0.05, 0.1) is 13.2 Å². The standard InChI is InChI=1S/C17H28N2O2/c1-20-14-12-19(15-16-7-5-10-18-16)11-6-13-21-17-8-3-2-4-9-17/h2-4,8-9,16,18H,5-7,10-15H2,1H3. The Morgan fingerprint density at radius 2 is 2.05 bits per heavy atom. The normalized spacial score (nSPS) is 18.3. The molecular weight excluding hydrogens is 264 g/mol. The zero-order valence-corrected chi connectivity index (χ0v) is 13.1. The fourth-order valence-corrected chi connectivity index (χ4v) is 2.73. The molecule has 0 radical (unpaired) electrons. The van der Waals surface area contributed by atoms with E-state index < -0.39 is 0 Å². The number of ether oxygens (including phenoxy) is 2. The molecule has 1 aromatic rings. The maximum absolute atomic E-state index is 5.76. The van der Waals surface area contributed by atoms with Crippen molar-refractivity contribution in [3.05, 3.63) is 30.3 Å². The lowest BCUT2D eigenvalue weighted by molar-refractivity contribution is 0.137. The Kier molecular flexibility index (Phi) is 7.57. The third kappa shape index (κ3) is 6.46. The number of benzene rings is 1. The molecule has 1 unspecified atom stereocenters. The van der Waals surface area contributed by atoms with Crippen LogP contribution < -0.4 is 10.1 Å². The highest BCUT2D eigenvalue weighted by atomic mass is 16.5. The minimum Gasteiger partial charge on any atom is -0.494 e. The Morgan fingerprint density at radius 1 is 1.19 bits per heavy atom. The highest BCUT2D eigenvalue weighted by Gasteiger charge is 2.17. The summed E-state index contributed by atoms with van der Waals surface area (Å²) in [5.74, 6) is 0.957. The summed E-state index contributed by atoms with van der Waals surface area (Å²) in [5, 5.41) is 3.57. The van der Waals surface area contributed by atoms with Gasteiger partial charge in [-0.15, -0.1) is 0 Å². The fraction of sp³-hybridized carbons (Fsp3) is 0.647. The molecule has 0 saturated carbocycles. The van der Waals surface area contributed by atoms with E-state index in [1.165, 1.54) is 19.4 Å². The number of methoxy groups -OCH3 is 1. The van der Waals surface area contributed by atoms with E-state index in [0.717, 1.165) is 45.0 Å². The van der Waals surface area contributed by atoms with Gasteiger partial charge in [-0.3, -0.25) is 4.90 Å². The predicted octanol–water partition coefficient (Wildman–Crippen LogP) is 2.16. The van der Waals surface area contributed by atoms with Gasteiger partial charge in [-0.05, 0) is 37.9 Å². The predicted molar refractivity (Wildman–Crippen MR) is 85.9 cm³/mol. The van der Waals surface area contributed by atoms with Crippen LogP contribution in [0.1, 0.15) is 19.3 Å². The van der Waals surface area contributed by atoms with Crippen LogP contribution in [-0.4, -0.2) is 57.4 Å². The van der Waals surface area contributed by atoms with Gasteiger partial charge < -0.3 is 14.8 Å². The number of hydrogen-bond donors (Lipinski definition) is 1. The van der Waals surface area contributed by atoms with Crippen LogP contribution in [0.2, 0.25) is 0 Å². The molecule has 4 nitrogen and oxygen atoms in total. The van der Waals surface area contributed by atoms with E-state index in [-0.39, 0.29) is 0 Å². The number of nitrogens with one attached hydrogen (secondary N) is 1. The molecular formula is C17H28N2O2. The molecule has 1 aliphatic rings. The molecule has 1 saturated heterocycles. The van der Waals surface area contributed by atoms with Crippen LogP contribution in [0.4, 0.5) is 0 Å². The van der Waals surface area contributed by atoms with Gasteiger partial charge in [-0.1, -0.05) is 18.2 Å². The second-order valence-electron chi connectivity index (χ2n) is 5.60. The molecule has 118 valence electrons. The van der Waals surface area contributed by atoms with Gasteiger partial charge in [0.15, 0.2) is 0 Å². The molecule has 2 rings (SSSR count). The van der Waals surface area contributed by atoms with Crippen molar-refractivity contribution in [2.24, 2.45) is 0 Å². The monoisotopic (exact) mass is 292 g/mol. The lowest BCUT2D eigenvalue weighted by atomic mass is 10.2. The number of para-hydroxylation sites is 1. The minimum absolute atomic E-state index is 0.650. The molecule has 1 heterocycles. The third-order valence-electron chi connectivity index (χ3n) is 3.88. The fourth-order valence-electron chi connectivity index (χ4n) is 2.73. The van der Waals surface area contributed by atoms with E-state index in [2.05, 4.69) is 10.2 Å². The maximum atomic E-state index is 5.76. The molecule has 0 amide bonds. The second kappa shape index (κ2) is 9.77. The van der Waals surface area contributed by atoms with Gasteiger partial charge >= 0.3 is 0 Å². The van der Waals surface area contributed by atoms with E-state index in [4.69, 9.17) is 9.47 Å². The SMILES string of the molecule is COCCN(CCCOc1ccccc1)CC1CCCN1. The summed E-state index contributed by atoms with van der Waals surface area (Å²) in [6.45, 7) is 5.92. The molecule has 0 spiro atoms. The Labute approximate surface area is 128 Å². The average molecular weight is 292 g/mol. The van der Waals surface area contributed by atoms with Gasteiger partial charge in [0.25, 0.3) is 0 Å². The molecule has 1 atom stereocenters. The van der Waals surface area contributed by atoms with Crippen molar-refractivity contribution in [1.29, 1.82) is 0 Å². The maximum Gasteiger partial charge on any atom is 0.119 e. The minimum atomic E-state index is 0.650. The highest BCUT2D eigenvalue weighted by molar-refractivity contribution is 5.20. The summed E-state index contributed by atoms with van der Waals surface area (Å²) in [7, 11) is 1.77. The highest BCUT2D eigenvalue weighted by Crippen LogP contribution is 2.10. The van der Waals surface area contributed by atoms with Crippen molar-refractivity contribution in [1.82, 2.24) is 10.2 Å². The van der Waals surface area contributed by atoms with Crippen molar-refractivity contribution >= 4 is 0 Å². The second-order valence-corrected chi connectivity index (χ2v) is 5.60. The Hall–Kier alpha value is -1.10. The lowest BCUT2D eigenvalue weighted by Crippen LogP contribution is -2.40. The van der Waals surface area contributed by atoms with E-state index in [0.29, 0.717) is 6.04 Å². The first-order valence-corrected chi connectivity index (χ1v) is 8.01. The Morgan fingerprint density at radius 3 is 2.76 bits per heavy atom. The van der Waals surface area contributed by atoms with Gasteiger partial charge in [-0.2, -0.15) is 0 Å². The van der Waals surface area contributed by atoms with Crippen LogP contribution in [0.5, 0.6) is 5.75 Å². The summed E-state index contributed by atoms with van der Waals surface area (Å²) in [6, 6.07) is 10.7. The molecule has 1 N–H and O–H groups in total. The summed E-state index contributed by atoms with van der Waals surface area (Å²) in [4.78, 5) is 2.49. The number of rotatable bonds is 10. The zero-order valence-electron chi connectivity index (χ0n) is 13.1. The van der Waals surface area contributed by atoms with Crippen LogP contribution in [-0.2, 0) is 4.74 Å². The molecule has 1 aromatic carbocycles. The van der Waals surface area contributed by atoms with Gasteiger partial charge in [-0.25, -0.2) is 0 Å². The number of hydrogen-bond acceptors (Lipinski definition) is 4. The van der Waals surface area contributed by atoms with Crippen LogP contribution in [0.3, 0.4) is 0 Å². The summed E-state index contributed by atoms with van der Waals surface area (Å²) < 4.78 is 11.0. The molecule has 0 aliphatic carbocycles. The average Bonchev–Trinajstić information content (AvgIpc) is 3.03. The van der Waals surface area contributed by atoms with E-state index in [1.54, 1.807) is 7.11 Å². The topological polar surface area (TPSA) is 33.7 Å². The number of nitrogens with zero attached hydrogens (tertiary/aromatic N) is 1. The summed E-state index contributed by atoms with van der Waals surface area (Å²) in [5.41, 5.74) is 0. The first kappa shape index (κ1) is 16.3. The van der Waals surface area contributed by atoms with Crippen molar-refractivity contribution in [3.8, 4) is 5.75 Å². The van der Waals surface area contributed by atoms with Gasteiger partial charge in [0, 0.05) is 32.8 Å². The molecule has 1 aliphatic heterocycles. The van der Waals surface area contributed by atoms with Crippen molar-refractivity contribution in [2.75, 3.05) is 46.5 Å². The van der Waals surface area contributed by atoms with Crippen molar-refractivity contribution < 1.29 is 9.47 Å². The van der Waals surface area contributed by atoms with E-state index in [1.807, 2.05) is 30.3 Å². The smallest absolute Gasteiger partial charge is 0.119 e. The van der Waals surface area contributed by atoms with Crippen LogP contribution in [0.25, 0.3) is 0 Å². The quantitative estimate of drug-likeness (QED) is 0.670. The molecule has 0 aromatic heterocycles. The molecule has 0 bridgehead atoms. The van der Waals surface area contributed by atoms with Crippen LogP contribution in [0, 0.1) is 0 Å². The largest absolute Gasteiger partial charge is 0.494 e.